The average molecular weight is 314 g/mol. The summed E-state index contributed by atoms with van der Waals surface area (Å²) in [7, 11) is 0. The van der Waals surface area contributed by atoms with Crippen LogP contribution in [0.15, 0.2) is 24.4 Å². The number of carboxylic acid groups (broad SMARTS) is 1. The number of aromatic nitrogens is 1. The molecule has 0 radical (unpaired) electrons. The first-order valence-electron chi connectivity index (χ1n) is 8.12. The fourth-order valence-electron chi connectivity index (χ4n) is 3.62. The van der Waals surface area contributed by atoms with E-state index in [-0.39, 0.29) is 12.3 Å². The minimum Gasteiger partial charge on any atom is -0.480 e. The Balaban J connectivity index is 1.79. The van der Waals surface area contributed by atoms with Crippen molar-refractivity contribution in [2.24, 2.45) is 0 Å². The van der Waals surface area contributed by atoms with Crippen LogP contribution < -0.4 is 5.32 Å². The Kier molecular flexibility index (Phi) is 4.11. The van der Waals surface area contributed by atoms with Crippen molar-refractivity contribution in [3.63, 3.8) is 0 Å². The van der Waals surface area contributed by atoms with Gasteiger partial charge in [0.2, 0.25) is 5.91 Å². The van der Waals surface area contributed by atoms with E-state index in [4.69, 9.17) is 0 Å². The summed E-state index contributed by atoms with van der Waals surface area (Å²) in [4.78, 5) is 27.3. The molecule has 1 aromatic heterocycles. The SMILES string of the molecule is Cc1cccc2[nH]cc(CC(=O)NC3(C(=O)O)CCCCC3)c12. The highest BCUT2D eigenvalue weighted by Crippen LogP contribution is 2.29. The lowest BCUT2D eigenvalue weighted by atomic mass is 9.81. The lowest BCUT2D eigenvalue weighted by Crippen LogP contribution is -2.55. The number of rotatable bonds is 4. The number of carboxylic acids is 1. The van der Waals surface area contributed by atoms with Gasteiger partial charge in [0.15, 0.2) is 0 Å². The van der Waals surface area contributed by atoms with Gasteiger partial charge in [0.05, 0.1) is 6.42 Å². The summed E-state index contributed by atoms with van der Waals surface area (Å²) in [5.41, 5.74) is 1.93. The van der Waals surface area contributed by atoms with Crippen molar-refractivity contribution in [1.82, 2.24) is 10.3 Å². The van der Waals surface area contributed by atoms with E-state index in [1.807, 2.05) is 31.3 Å². The average Bonchev–Trinajstić information content (AvgIpc) is 2.92. The van der Waals surface area contributed by atoms with Gasteiger partial charge in [0, 0.05) is 17.1 Å². The molecule has 1 amide bonds. The van der Waals surface area contributed by atoms with Gasteiger partial charge in [-0.2, -0.15) is 0 Å². The van der Waals surface area contributed by atoms with Crippen LogP contribution in [0.5, 0.6) is 0 Å². The van der Waals surface area contributed by atoms with Gasteiger partial charge in [0.25, 0.3) is 0 Å². The van der Waals surface area contributed by atoms with Gasteiger partial charge in [-0.25, -0.2) is 4.79 Å². The summed E-state index contributed by atoms with van der Waals surface area (Å²) in [6.07, 6.45) is 5.79. The molecule has 1 saturated carbocycles. The van der Waals surface area contributed by atoms with Crippen LogP contribution in [0.4, 0.5) is 0 Å². The van der Waals surface area contributed by atoms with Crippen LogP contribution in [-0.2, 0) is 16.0 Å². The van der Waals surface area contributed by atoms with Crippen molar-refractivity contribution in [2.45, 2.75) is 51.0 Å². The monoisotopic (exact) mass is 314 g/mol. The summed E-state index contributed by atoms with van der Waals surface area (Å²) in [5.74, 6) is -1.14. The maximum Gasteiger partial charge on any atom is 0.329 e. The third-order valence-corrected chi connectivity index (χ3v) is 4.84. The number of H-pyrrole nitrogens is 1. The molecule has 0 atom stereocenters. The molecule has 122 valence electrons. The summed E-state index contributed by atoms with van der Waals surface area (Å²) in [6.45, 7) is 2.01. The lowest BCUT2D eigenvalue weighted by Gasteiger charge is -2.34. The molecule has 1 aliphatic carbocycles. The molecule has 2 aromatic rings. The zero-order valence-electron chi connectivity index (χ0n) is 13.3. The molecule has 3 rings (SSSR count). The van der Waals surface area contributed by atoms with E-state index in [1.54, 1.807) is 0 Å². The minimum atomic E-state index is -1.09. The van der Waals surface area contributed by atoms with Crippen LogP contribution in [0.1, 0.15) is 43.2 Å². The van der Waals surface area contributed by atoms with Crippen molar-refractivity contribution in [3.8, 4) is 0 Å². The molecule has 1 fully saturated rings. The van der Waals surface area contributed by atoms with Gasteiger partial charge in [-0.05, 0) is 37.0 Å². The van der Waals surface area contributed by atoms with Crippen molar-refractivity contribution < 1.29 is 14.7 Å². The fraction of sp³-hybridized carbons (Fsp3) is 0.444. The molecule has 23 heavy (non-hydrogen) atoms. The highest BCUT2D eigenvalue weighted by atomic mass is 16.4. The molecule has 5 heteroatoms. The van der Waals surface area contributed by atoms with Gasteiger partial charge in [-0.3, -0.25) is 4.79 Å². The molecular weight excluding hydrogens is 292 g/mol. The van der Waals surface area contributed by atoms with Crippen LogP contribution in [-0.4, -0.2) is 27.5 Å². The van der Waals surface area contributed by atoms with Crippen LogP contribution in [0.2, 0.25) is 0 Å². The molecule has 5 nitrogen and oxygen atoms in total. The Morgan fingerprint density at radius 1 is 1.26 bits per heavy atom. The number of benzene rings is 1. The second-order valence-corrected chi connectivity index (χ2v) is 6.48. The molecule has 3 N–H and O–H groups in total. The number of amides is 1. The normalized spacial score (nSPS) is 17.1. The van der Waals surface area contributed by atoms with E-state index >= 15 is 0 Å². The topological polar surface area (TPSA) is 82.2 Å². The Morgan fingerprint density at radius 3 is 2.70 bits per heavy atom. The van der Waals surface area contributed by atoms with Gasteiger partial charge >= 0.3 is 5.97 Å². The van der Waals surface area contributed by atoms with Crippen molar-refractivity contribution in [3.05, 3.63) is 35.5 Å². The highest BCUT2D eigenvalue weighted by molar-refractivity contribution is 5.93. The van der Waals surface area contributed by atoms with Crippen LogP contribution >= 0.6 is 0 Å². The number of fused-ring (bicyclic) bond motifs is 1. The largest absolute Gasteiger partial charge is 0.480 e. The van der Waals surface area contributed by atoms with Crippen molar-refractivity contribution >= 4 is 22.8 Å². The molecule has 0 unspecified atom stereocenters. The molecule has 1 heterocycles. The summed E-state index contributed by atoms with van der Waals surface area (Å²) < 4.78 is 0. The number of hydrogen-bond donors (Lipinski definition) is 3. The lowest BCUT2D eigenvalue weighted by molar-refractivity contribution is -0.149. The smallest absolute Gasteiger partial charge is 0.329 e. The number of carbonyl (C=O) groups excluding carboxylic acids is 1. The number of aliphatic carboxylic acids is 1. The number of carbonyl (C=O) groups is 2. The summed E-state index contributed by atoms with van der Waals surface area (Å²) >= 11 is 0. The minimum absolute atomic E-state index is 0.194. The predicted molar refractivity (Wildman–Crippen MR) is 88.3 cm³/mol. The Labute approximate surface area is 135 Å². The Morgan fingerprint density at radius 2 is 2.00 bits per heavy atom. The van der Waals surface area contributed by atoms with Crippen LogP contribution in [0.3, 0.4) is 0 Å². The summed E-state index contributed by atoms with van der Waals surface area (Å²) in [6, 6.07) is 5.96. The number of aromatic amines is 1. The number of nitrogens with one attached hydrogen (secondary N) is 2. The Bertz CT molecular complexity index is 742. The van der Waals surface area contributed by atoms with E-state index in [2.05, 4.69) is 10.3 Å². The number of aryl methyl sites for hydroxylation is 1. The maximum absolute atomic E-state index is 12.5. The number of hydrogen-bond acceptors (Lipinski definition) is 2. The molecule has 0 spiro atoms. The zero-order chi connectivity index (χ0) is 16.4. The van der Waals surface area contributed by atoms with E-state index in [0.29, 0.717) is 12.8 Å². The third-order valence-electron chi connectivity index (χ3n) is 4.84. The van der Waals surface area contributed by atoms with Gasteiger partial charge < -0.3 is 15.4 Å². The summed E-state index contributed by atoms with van der Waals surface area (Å²) in [5, 5.41) is 13.4. The van der Waals surface area contributed by atoms with Crippen molar-refractivity contribution in [1.29, 1.82) is 0 Å². The van der Waals surface area contributed by atoms with Gasteiger partial charge in [-0.15, -0.1) is 0 Å². The first-order valence-corrected chi connectivity index (χ1v) is 8.12. The molecular formula is C18H22N2O3. The molecule has 1 aromatic carbocycles. The van der Waals surface area contributed by atoms with E-state index in [9.17, 15) is 14.7 Å². The van der Waals surface area contributed by atoms with Gasteiger partial charge in [0.1, 0.15) is 5.54 Å². The maximum atomic E-state index is 12.5. The highest BCUT2D eigenvalue weighted by Gasteiger charge is 2.40. The zero-order valence-corrected chi connectivity index (χ0v) is 13.3. The third kappa shape index (κ3) is 2.96. The van der Waals surface area contributed by atoms with E-state index in [0.717, 1.165) is 41.3 Å². The van der Waals surface area contributed by atoms with Crippen LogP contribution in [0.25, 0.3) is 10.9 Å². The van der Waals surface area contributed by atoms with E-state index in [1.165, 1.54) is 0 Å². The Hall–Kier alpha value is -2.30. The van der Waals surface area contributed by atoms with Crippen molar-refractivity contribution in [2.75, 3.05) is 0 Å². The fourth-order valence-corrected chi connectivity index (χ4v) is 3.62. The first kappa shape index (κ1) is 15.6. The quantitative estimate of drug-likeness (QED) is 0.811. The second-order valence-electron chi connectivity index (χ2n) is 6.48. The van der Waals surface area contributed by atoms with Gasteiger partial charge in [-0.1, -0.05) is 31.4 Å². The second kappa shape index (κ2) is 6.07. The standard InChI is InChI=1S/C18H22N2O3/c1-12-6-5-7-14-16(12)13(11-19-14)10-15(21)20-18(17(22)23)8-3-2-4-9-18/h5-7,11,19H,2-4,8-10H2,1H3,(H,20,21)(H,22,23). The predicted octanol–water partition coefficient (Wildman–Crippen LogP) is 2.92. The molecule has 0 aliphatic heterocycles. The molecule has 0 saturated heterocycles. The van der Waals surface area contributed by atoms with E-state index < -0.39 is 11.5 Å². The van der Waals surface area contributed by atoms with Crippen LogP contribution in [0, 0.1) is 6.92 Å². The first-order chi connectivity index (χ1) is 11.0. The molecule has 1 aliphatic rings. The molecule has 0 bridgehead atoms.